The van der Waals surface area contributed by atoms with E-state index in [-0.39, 0.29) is 17.9 Å². The SMILES string of the molecule is Cc1oc(-c2ccccc2NC(=O)c2cccnc2)nc1CNC(=O)C1CCCCCN1C. The second-order valence-corrected chi connectivity index (χ2v) is 8.33. The quantitative estimate of drug-likeness (QED) is 0.596. The minimum Gasteiger partial charge on any atom is -0.441 e. The summed E-state index contributed by atoms with van der Waals surface area (Å²) in [5, 5.41) is 5.92. The van der Waals surface area contributed by atoms with Crippen molar-refractivity contribution in [1.29, 1.82) is 0 Å². The van der Waals surface area contributed by atoms with E-state index < -0.39 is 0 Å². The predicted molar refractivity (Wildman–Crippen MR) is 126 cm³/mol. The van der Waals surface area contributed by atoms with Crippen LogP contribution in [-0.4, -0.2) is 46.3 Å². The summed E-state index contributed by atoms with van der Waals surface area (Å²) in [5.74, 6) is 0.782. The summed E-state index contributed by atoms with van der Waals surface area (Å²) in [4.78, 5) is 36.1. The first-order valence-corrected chi connectivity index (χ1v) is 11.3. The number of likely N-dealkylation sites (tertiary alicyclic amines) is 1. The lowest BCUT2D eigenvalue weighted by molar-refractivity contribution is -0.126. The minimum absolute atomic E-state index is 0.0208. The van der Waals surface area contributed by atoms with Gasteiger partial charge >= 0.3 is 0 Å². The van der Waals surface area contributed by atoms with Crippen molar-refractivity contribution >= 4 is 17.5 Å². The maximum absolute atomic E-state index is 12.8. The Morgan fingerprint density at radius 1 is 1.15 bits per heavy atom. The van der Waals surface area contributed by atoms with Crippen LogP contribution in [0.25, 0.3) is 11.5 Å². The second kappa shape index (κ2) is 10.4. The number of para-hydroxylation sites is 1. The third-order valence-electron chi connectivity index (χ3n) is 5.98. The Balaban J connectivity index is 1.47. The maximum atomic E-state index is 12.8. The topological polar surface area (TPSA) is 100 Å². The van der Waals surface area contributed by atoms with Gasteiger partial charge in [0.15, 0.2) is 0 Å². The number of nitrogens with one attached hydrogen (secondary N) is 2. The smallest absolute Gasteiger partial charge is 0.257 e. The van der Waals surface area contributed by atoms with Crippen LogP contribution in [-0.2, 0) is 11.3 Å². The van der Waals surface area contributed by atoms with Gasteiger partial charge in [-0.2, -0.15) is 0 Å². The summed E-state index contributed by atoms with van der Waals surface area (Å²) in [7, 11) is 2.01. The van der Waals surface area contributed by atoms with E-state index >= 15 is 0 Å². The van der Waals surface area contributed by atoms with Crippen molar-refractivity contribution in [2.75, 3.05) is 18.9 Å². The maximum Gasteiger partial charge on any atom is 0.257 e. The van der Waals surface area contributed by atoms with Crippen LogP contribution in [0.5, 0.6) is 0 Å². The zero-order chi connectivity index (χ0) is 23.2. The molecule has 172 valence electrons. The first kappa shape index (κ1) is 22.7. The summed E-state index contributed by atoms with van der Waals surface area (Å²) in [6.07, 6.45) is 7.36. The fourth-order valence-electron chi connectivity index (χ4n) is 4.05. The summed E-state index contributed by atoms with van der Waals surface area (Å²) in [5.41, 5.74) is 2.38. The van der Waals surface area contributed by atoms with Gasteiger partial charge in [-0.3, -0.25) is 19.5 Å². The van der Waals surface area contributed by atoms with E-state index in [2.05, 4.69) is 25.5 Å². The van der Waals surface area contributed by atoms with E-state index in [0.717, 1.165) is 32.2 Å². The molecule has 33 heavy (non-hydrogen) atoms. The third kappa shape index (κ3) is 5.46. The zero-order valence-corrected chi connectivity index (χ0v) is 19.0. The lowest BCUT2D eigenvalue weighted by Crippen LogP contribution is -2.44. The molecule has 4 rings (SSSR count). The first-order chi connectivity index (χ1) is 16.0. The van der Waals surface area contributed by atoms with Crippen LogP contribution in [0.2, 0.25) is 0 Å². The number of benzene rings is 1. The van der Waals surface area contributed by atoms with Gasteiger partial charge in [0.2, 0.25) is 11.8 Å². The first-order valence-electron chi connectivity index (χ1n) is 11.3. The van der Waals surface area contributed by atoms with Crippen molar-refractivity contribution in [1.82, 2.24) is 20.2 Å². The lowest BCUT2D eigenvalue weighted by Gasteiger charge is -2.24. The number of amides is 2. The van der Waals surface area contributed by atoms with E-state index in [9.17, 15) is 9.59 Å². The largest absolute Gasteiger partial charge is 0.441 e. The number of hydrogen-bond acceptors (Lipinski definition) is 6. The summed E-state index contributed by atoms with van der Waals surface area (Å²) in [6.45, 7) is 3.06. The Hall–Kier alpha value is -3.52. The molecule has 1 aromatic carbocycles. The molecule has 1 saturated heterocycles. The molecule has 3 aromatic rings. The Labute approximate surface area is 193 Å². The van der Waals surface area contributed by atoms with Gasteiger partial charge in [0, 0.05) is 12.4 Å². The molecule has 0 bridgehead atoms. The fraction of sp³-hybridized carbons (Fsp3) is 0.360. The average molecular weight is 448 g/mol. The summed E-state index contributed by atoms with van der Waals surface area (Å²) >= 11 is 0. The second-order valence-electron chi connectivity index (χ2n) is 8.33. The number of nitrogens with zero attached hydrogens (tertiary/aromatic N) is 3. The van der Waals surface area contributed by atoms with Crippen LogP contribution >= 0.6 is 0 Å². The average Bonchev–Trinajstić information content (AvgIpc) is 3.06. The number of carbonyl (C=O) groups excluding carboxylic acids is 2. The van der Waals surface area contributed by atoms with Crippen molar-refractivity contribution in [2.24, 2.45) is 0 Å². The Kier molecular flexibility index (Phi) is 7.14. The monoisotopic (exact) mass is 447 g/mol. The van der Waals surface area contributed by atoms with Gasteiger partial charge in [0.05, 0.1) is 29.4 Å². The predicted octanol–water partition coefficient (Wildman–Crippen LogP) is 3.79. The fourth-order valence-corrected chi connectivity index (χ4v) is 4.05. The molecule has 0 radical (unpaired) electrons. The molecular weight excluding hydrogens is 418 g/mol. The molecule has 8 nitrogen and oxygen atoms in total. The van der Waals surface area contributed by atoms with E-state index in [0.29, 0.717) is 40.7 Å². The van der Waals surface area contributed by atoms with Crippen LogP contribution in [0.4, 0.5) is 5.69 Å². The van der Waals surface area contributed by atoms with Gasteiger partial charge in [-0.15, -0.1) is 0 Å². The molecule has 3 heterocycles. The van der Waals surface area contributed by atoms with E-state index in [1.165, 1.54) is 6.20 Å². The van der Waals surface area contributed by atoms with Crippen molar-refractivity contribution in [2.45, 2.75) is 45.2 Å². The Morgan fingerprint density at radius 2 is 2.00 bits per heavy atom. The molecule has 1 atom stereocenters. The van der Waals surface area contributed by atoms with Gasteiger partial charge in [0.1, 0.15) is 11.5 Å². The highest BCUT2D eigenvalue weighted by molar-refractivity contribution is 6.05. The number of aryl methyl sites for hydroxylation is 1. The molecule has 1 aliphatic heterocycles. The Bertz CT molecular complexity index is 1110. The highest BCUT2D eigenvalue weighted by Gasteiger charge is 2.25. The molecule has 1 fully saturated rings. The highest BCUT2D eigenvalue weighted by Crippen LogP contribution is 2.29. The van der Waals surface area contributed by atoms with Crippen molar-refractivity contribution in [3.05, 3.63) is 65.8 Å². The van der Waals surface area contributed by atoms with E-state index in [1.807, 2.05) is 32.2 Å². The normalized spacial score (nSPS) is 16.7. The summed E-state index contributed by atoms with van der Waals surface area (Å²) in [6, 6.07) is 10.6. The third-order valence-corrected chi connectivity index (χ3v) is 5.98. The number of likely N-dealkylation sites (N-methyl/N-ethyl adjacent to an activating group) is 1. The lowest BCUT2D eigenvalue weighted by atomic mass is 10.1. The molecule has 2 aromatic heterocycles. The highest BCUT2D eigenvalue weighted by atomic mass is 16.4. The van der Waals surface area contributed by atoms with Crippen LogP contribution in [0.15, 0.2) is 53.2 Å². The van der Waals surface area contributed by atoms with Crippen LogP contribution in [0, 0.1) is 6.92 Å². The molecule has 0 saturated carbocycles. The van der Waals surface area contributed by atoms with Gasteiger partial charge in [-0.05, 0) is 57.6 Å². The number of hydrogen-bond donors (Lipinski definition) is 2. The molecule has 1 aliphatic rings. The number of pyridine rings is 1. The molecular formula is C25H29N5O3. The van der Waals surface area contributed by atoms with Gasteiger partial charge in [-0.25, -0.2) is 4.98 Å². The van der Waals surface area contributed by atoms with Gasteiger partial charge in [-0.1, -0.05) is 25.0 Å². The van der Waals surface area contributed by atoms with Gasteiger partial charge in [0.25, 0.3) is 5.91 Å². The van der Waals surface area contributed by atoms with Crippen molar-refractivity contribution in [3.63, 3.8) is 0 Å². The van der Waals surface area contributed by atoms with Crippen LogP contribution in [0.1, 0.15) is 47.5 Å². The standard InChI is InChI=1S/C25H29N5O3/c1-17-21(16-27-24(32)22-12-4-3-7-14-30(22)2)29-25(33-17)19-10-5-6-11-20(19)28-23(31)18-9-8-13-26-15-18/h5-6,8-11,13,15,22H,3-4,7,12,14,16H2,1-2H3,(H,27,32)(H,28,31). The molecule has 2 N–H and O–H groups in total. The van der Waals surface area contributed by atoms with Crippen LogP contribution < -0.4 is 10.6 Å². The minimum atomic E-state index is -0.265. The molecule has 8 heteroatoms. The van der Waals surface area contributed by atoms with E-state index in [4.69, 9.17) is 4.42 Å². The summed E-state index contributed by atoms with van der Waals surface area (Å²) < 4.78 is 5.91. The molecule has 1 unspecified atom stereocenters. The van der Waals surface area contributed by atoms with Crippen LogP contribution in [0.3, 0.4) is 0 Å². The van der Waals surface area contributed by atoms with Crippen molar-refractivity contribution in [3.8, 4) is 11.5 Å². The number of anilines is 1. The molecule has 2 amide bonds. The molecule has 0 spiro atoms. The number of aromatic nitrogens is 2. The molecule has 0 aliphatic carbocycles. The van der Waals surface area contributed by atoms with E-state index in [1.54, 1.807) is 24.4 Å². The van der Waals surface area contributed by atoms with Crippen molar-refractivity contribution < 1.29 is 14.0 Å². The zero-order valence-electron chi connectivity index (χ0n) is 19.0. The van der Waals surface area contributed by atoms with Gasteiger partial charge < -0.3 is 15.1 Å². The Morgan fingerprint density at radius 3 is 2.82 bits per heavy atom. The number of rotatable bonds is 6. The number of oxazole rings is 1. The number of carbonyl (C=O) groups is 2.